The summed E-state index contributed by atoms with van der Waals surface area (Å²) in [6.07, 6.45) is -4.44. The molecule has 122 valence electrons. The SMILES string of the molecule is CCCN(C)C.O=C(NS(=O)(=O)C(F)(F)F)C(F)(F)F. The van der Waals surface area contributed by atoms with Gasteiger partial charge in [-0.05, 0) is 27.1 Å². The molecule has 0 atom stereocenters. The van der Waals surface area contributed by atoms with Gasteiger partial charge in [-0.3, -0.25) is 4.79 Å². The van der Waals surface area contributed by atoms with Crippen molar-refractivity contribution in [3.8, 4) is 0 Å². The van der Waals surface area contributed by atoms with E-state index in [1.807, 2.05) is 0 Å². The van der Waals surface area contributed by atoms with Crippen LogP contribution < -0.4 is 4.72 Å². The molecule has 0 aliphatic rings. The highest BCUT2D eigenvalue weighted by Crippen LogP contribution is 2.23. The highest BCUT2D eigenvalue weighted by atomic mass is 32.2. The maximum atomic E-state index is 11.4. The van der Waals surface area contributed by atoms with E-state index in [9.17, 15) is 39.6 Å². The number of rotatable bonds is 3. The molecule has 0 fully saturated rings. The molecule has 1 amide bonds. The molecule has 20 heavy (non-hydrogen) atoms. The van der Waals surface area contributed by atoms with Gasteiger partial charge in [-0.1, -0.05) is 6.92 Å². The lowest BCUT2D eigenvalue weighted by Gasteiger charge is -2.10. The second-order valence-electron chi connectivity index (χ2n) is 3.68. The Morgan fingerprint density at radius 3 is 1.65 bits per heavy atom. The van der Waals surface area contributed by atoms with Crippen molar-refractivity contribution in [1.82, 2.24) is 9.62 Å². The summed E-state index contributed by atoms with van der Waals surface area (Å²) in [5.74, 6) is -3.20. The summed E-state index contributed by atoms with van der Waals surface area (Å²) in [6, 6.07) is 0. The number of carbonyl (C=O) groups excluding carboxylic acids is 1. The predicted octanol–water partition coefficient (Wildman–Crippen LogP) is 1.47. The highest BCUT2D eigenvalue weighted by molar-refractivity contribution is 7.90. The van der Waals surface area contributed by atoms with Crippen molar-refractivity contribution >= 4 is 15.9 Å². The van der Waals surface area contributed by atoms with Crippen LogP contribution in [0.1, 0.15) is 13.3 Å². The van der Waals surface area contributed by atoms with Crippen molar-refractivity contribution in [2.45, 2.75) is 25.0 Å². The molecule has 0 heterocycles. The topological polar surface area (TPSA) is 66.5 Å². The second kappa shape index (κ2) is 7.67. The summed E-state index contributed by atoms with van der Waals surface area (Å²) in [6.45, 7) is 3.39. The normalized spacial score (nSPS) is 12.7. The van der Waals surface area contributed by atoms with E-state index >= 15 is 0 Å². The number of hydrogen-bond donors (Lipinski definition) is 1. The molecule has 0 spiro atoms. The molecule has 12 heteroatoms. The van der Waals surface area contributed by atoms with E-state index in [1.165, 1.54) is 13.0 Å². The first kappa shape index (κ1) is 21.3. The van der Waals surface area contributed by atoms with Crippen molar-refractivity contribution < 1.29 is 39.6 Å². The van der Waals surface area contributed by atoms with Crippen LogP contribution in [0, 0.1) is 0 Å². The van der Waals surface area contributed by atoms with Gasteiger partial charge in [0.1, 0.15) is 0 Å². The Bertz CT molecular complexity index is 401. The molecule has 0 aliphatic heterocycles. The lowest BCUT2D eigenvalue weighted by atomic mass is 10.5. The predicted molar refractivity (Wildman–Crippen MR) is 58.0 cm³/mol. The van der Waals surface area contributed by atoms with E-state index in [2.05, 4.69) is 25.9 Å². The number of nitrogens with one attached hydrogen (secondary N) is 1. The monoisotopic (exact) mass is 332 g/mol. The Morgan fingerprint density at radius 1 is 1.10 bits per heavy atom. The lowest BCUT2D eigenvalue weighted by molar-refractivity contribution is -0.171. The van der Waals surface area contributed by atoms with E-state index in [4.69, 9.17) is 0 Å². The van der Waals surface area contributed by atoms with Crippen LogP contribution in [0.3, 0.4) is 0 Å². The Hall–Kier alpha value is -1.04. The fraction of sp³-hybridized carbons (Fsp3) is 0.875. The van der Waals surface area contributed by atoms with Crippen molar-refractivity contribution in [2.75, 3.05) is 20.6 Å². The quantitative estimate of drug-likeness (QED) is 0.795. The van der Waals surface area contributed by atoms with Crippen LogP contribution in [0.2, 0.25) is 0 Å². The maximum absolute atomic E-state index is 11.4. The molecule has 0 rings (SSSR count). The first-order valence-corrected chi connectivity index (χ1v) is 6.48. The zero-order valence-corrected chi connectivity index (χ0v) is 11.6. The standard InChI is InChI=1S/C5H13N.C3HF6NO3S/c1-4-5-6(2)3;4-2(5,6)1(11)10-14(12,13)3(7,8)9/h4-5H2,1-3H3;(H,10,11). The van der Waals surface area contributed by atoms with Gasteiger partial charge in [0.15, 0.2) is 0 Å². The van der Waals surface area contributed by atoms with Gasteiger partial charge in [0, 0.05) is 0 Å². The summed E-state index contributed by atoms with van der Waals surface area (Å²) in [5, 5.41) is 0. The molecule has 0 unspecified atom stereocenters. The third-order valence-corrected chi connectivity index (χ3v) is 2.52. The molecule has 0 radical (unpaired) electrons. The van der Waals surface area contributed by atoms with E-state index < -0.39 is 27.6 Å². The lowest BCUT2D eigenvalue weighted by Crippen LogP contribution is -2.46. The van der Waals surface area contributed by atoms with E-state index in [0.29, 0.717) is 0 Å². The maximum Gasteiger partial charge on any atom is 0.516 e. The van der Waals surface area contributed by atoms with Gasteiger partial charge in [-0.2, -0.15) is 34.8 Å². The van der Waals surface area contributed by atoms with Gasteiger partial charge in [0.05, 0.1) is 0 Å². The largest absolute Gasteiger partial charge is 0.516 e. The zero-order chi connectivity index (χ0) is 16.8. The molecule has 0 aromatic carbocycles. The third kappa shape index (κ3) is 8.96. The molecular formula is C8H14F6N2O3S. The average Bonchev–Trinajstić information content (AvgIpc) is 2.13. The van der Waals surface area contributed by atoms with E-state index in [-0.39, 0.29) is 4.72 Å². The zero-order valence-electron chi connectivity index (χ0n) is 10.8. The van der Waals surface area contributed by atoms with Crippen LogP contribution in [0.4, 0.5) is 26.3 Å². The van der Waals surface area contributed by atoms with E-state index in [1.54, 1.807) is 0 Å². The van der Waals surface area contributed by atoms with Crippen molar-refractivity contribution in [3.63, 3.8) is 0 Å². The number of carbonyl (C=O) groups is 1. The van der Waals surface area contributed by atoms with Gasteiger partial charge < -0.3 is 4.90 Å². The van der Waals surface area contributed by atoms with Crippen molar-refractivity contribution in [2.24, 2.45) is 0 Å². The van der Waals surface area contributed by atoms with Gasteiger partial charge in [0.2, 0.25) is 0 Å². The first-order chi connectivity index (χ1) is 8.65. The van der Waals surface area contributed by atoms with Crippen molar-refractivity contribution in [1.29, 1.82) is 0 Å². The van der Waals surface area contributed by atoms with Crippen LogP contribution in [0.15, 0.2) is 0 Å². The highest BCUT2D eigenvalue weighted by Gasteiger charge is 2.51. The molecule has 0 aromatic heterocycles. The van der Waals surface area contributed by atoms with Crippen LogP contribution in [0.5, 0.6) is 0 Å². The Balaban J connectivity index is 0. The molecule has 0 aromatic rings. The smallest absolute Gasteiger partial charge is 0.309 e. The average molecular weight is 332 g/mol. The summed E-state index contributed by atoms with van der Waals surface area (Å²) >= 11 is 0. The minimum atomic E-state index is -6.30. The molecule has 0 saturated heterocycles. The second-order valence-corrected chi connectivity index (χ2v) is 5.36. The Kier molecular flexibility index (Phi) is 8.15. The molecule has 0 saturated carbocycles. The molecule has 1 N–H and O–H groups in total. The number of halogens is 6. The Morgan fingerprint density at radius 2 is 1.50 bits per heavy atom. The number of nitrogens with zero attached hydrogens (tertiary/aromatic N) is 1. The number of amides is 1. The van der Waals surface area contributed by atoms with Gasteiger partial charge >= 0.3 is 27.6 Å². The first-order valence-electron chi connectivity index (χ1n) is 5.00. The fourth-order valence-electron chi connectivity index (χ4n) is 0.685. The van der Waals surface area contributed by atoms with Crippen molar-refractivity contribution in [3.05, 3.63) is 0 Å². The fourth-order valence-corrected chi connectivity index (χ4v) is 1.16. The summed E-state index contributed by atoms with van der Waals surface area (Å²) < 4.78 is 87.9. The number of alkyl halides is 6. The van der Waals surface area contributed by atoms with Crippen LogP contribution in [-0.2, 0) is 14.8 Å². The molecule has 0 aliphatic carbocycles. The summed E-state index contributed by atoms with van der Waals surface area (Å²) in [4.78, 5) is 12.0. The van der Waals surface area contributed by atoms with E-state index in [0.717, 1.165) is 0 Å². The molecular weight excluding hydrogens is 318 g/mol. The summed E-state index contributed by atoms with van der Waals surface area (Å²) in [5.41, 5.74) is -5.96. The number of hydrogen-bond acceptors (Lipinski definition) is 4. The summed E-state index contributed by atoms with van der Waals surface area (Å²) in [7, 11) is -2.13. The minimum Gasteiger partial charge on any atom is -0.309 e. The Labute approximate surface area is 112 Å². The molecule has 5 nitrogen and oxygen atoms in total. The number of sulfonamides is 1. The van der Waals surface area contributed by atoms with Crippen LogP contribution in [0.25, 0.3) is 0 Å². The van der Waals surface area contributed by atoms with Crippen LogP contribution >= 0.6 is 0 Å². The minimum absolute atomic E-state index is 0.181. The van der Waals surface area contributed by atoms with Gasteiger partial charge in [0.25, 0.3) is 0 Å². The third-order valence-electron chi connectivity index (χ3n) is 1.46. The van der Waals surface area contributed by atoms with Gasteiger partial charge in [-0.25, -0.2) is 4.72 Å². The van der Waals surface area contributed by atoms with Crippen LogP contribution in [-0.4, -0.2) is 51.5 Å². The van der Waals surface area contributed by atoms with Gasteiger partial charge in [-0.15, -0.1) is 0 Å². The molecule has 0 bridgehead atoms.